The maximum absolute atomic E-state index is 13.4. The van der Waals surface area contributed by atoms with Crippen LogP contribution in [0.5, 0.6) is 5.75 Å². The summed E-state index contributed by atoms with van der Waals surface area (Å²) in [5, 5.41) is 11.3. The summed E-state index contributed by atoms with van der Waals surface area (Å²) in [7, 11) is 0. The monoisotopic (exact) mass is 297 g/mol. The van der Waals surface area contributed by atoms with E-state index in [0.717, 1.165) is 0 Å². The molecule has 4 nitrogen and oxygen atoms in total. The van der Waals surface area contributed by atoms with Gasteiger partial charge in [-0.2, -0.15) is 8.78 Å². The normalized spacial score (nSPS) is 16.6. The van der Waals surface area contributed by atoms with Crippen molar-refractivity contribution < 1.29 is 36.6 Å². The Morgan fingerprint density at radius 3 is 1.85 bits per heavy atom. The van der Waals surface area contributed by atoms with Gasteiger partial charge in [-0.15, -0.1) is 0 Å². The summed E-state index contributed by atoms with van der Waals surface area (Å²) in [6.45, 7) is -0.169. The molecule has 1 aliphatic rings. The molecular weight excluding hydrogens is 289 g/mol. The van der Waals surface area contributed by atoms with Gasteiger partial charge in [-0.3, -0.25) is 4.79 Å². The molecule has 9 heteroatoms. The zero-order valence-corrected chi connectivity index (χ0v) is 9.77. The minimum atomic E-state index is -2.30. The third-order valence-electron chi connectivity index (χ3n) is 2.86. The lowest BCUT2D eigenvalue weighted by Gasteiger charge is -2.41. The largest absolute Gasteiger partial charge is 0.481 e. The van der Waals surface area contributed by atoms with E-state index in [4.69, 9.17) is 9.84 Å². The van der Waals surface area contributed by atoms with Gasteiger partial charge >= 0.3 is 5.97 Å². The van der Waals surface area contributed by atoms with Crippen molar-refractivity contribution in [3.8, 4) is 5.75 Å². The summed E-state index contributed by atoms with van der Waals surface area (Å²) < 4.78 is 70.4. The van der Waals surface area contributed by atoms with E-state index in [-0.39, 0.29) is 13.1 Å². The Bertz CT molecular complexity index is 545. The summed E-state index contributed by atoms with van der Waals surface area (Å²) in [6, 6.07) is 0. The number of carbonyl (C=O) groups is 1. The van der Waals surface area contributed by atoms with Crippen molar-refractivity contribution in [2.75, 3.05) is 13.1 Å². The summed E-state index contributed by atoms with van der Waals surface area (Å²) in [5.41, 5.74) is -1.54. The molecule has 0 bridgehead atoms. The van der Waals surface area contributed by atoms with E-state index >= 15 is 0 Å². The second-order valence-corrected chi connectivity index (χ2v) is 4.36. The lowest BCUT2D eigenvalue weighted by Crippen LogP contribution is -2.64. The number of benzene rings is 1. The van der Waals surface area contributed by atoms with Gasteiger partial charge in [0.2, 0.25) is 29.1 Å². The molecule has 1 aliphatic heterocycles. The van der Waals surface area contributed by atoms with E-state index in [9.17, 15) is 26.7 Å². The fourth-order valence-corrected chi connectivity index (χ4v) is 1.80. The standard InChI is InChI=1S/C11H8F5NO3/c12-5-6(13)8(15)10(9(16)7(5)14)20-11(1-4(18)19)2-17-3-11/h17H,1-3H2,(H,18,19). The first-order valence-corrected chi connectivity index (χ1v) is 5.40. The topological polar surface area (TPSA) is 58.6 Å². The Balaban J connectivity index is 2.41. The number of aliphatic carboxylic acids is 1. The van der Waals surface area contributed by atoms with Crippen LogP contribution >= 0.6 is 0 Å². The third-order valence-corrected chi connectivity index (χ3v) is 2.86. The van der Waals surface area contributed by atoms with E-state index in [1.165, 1.54) is 0 Å². The van der Waals surface area contributed by atoms with Crippen LogP contribution in [-0.2, 0) is 4.79 Å². The molecule has 0 saturated carbocycles. The van der Waals surface area contributed by atoms with Crippen LogP contribution in [0.4, 0.5) is 22.0 Å². The lowest BCUT2D eigenvalue weighted by atomic mass is 9.92. The first-order chi connectivity index (χ1) is 9.27. The van der Waals surface area contributed by atoms with Gasteiger partial charge < -0.3 is 15.2 Å². The maximum atomic E-state index is 13.4. The third kappa shape index (κ3) is 2.28. The minimum Gasteiger partial charge on any atom is -0.481 e. The van der Waals surface area contributed by atoms with Gasteiger partial charge in [0.1, 0.15) is 5.60 Å². The van der Waals surface area contributed by atoms with Crippen molar-refractivity contribution in [2.24, 2.45) is 0 Å². The molecule has 0 amide bonds. The predicted molar refractivity (Wildman–Crippen MR) is 54.7 cm³/mol. The maximum Gasteiger partial charge on any atom is 0.307 e. The number of halogens is 5. The Morgan fingerprint density at radius 1 is 1.05 bits per heavy atom. The molecule has 0 spiro atoms. The van der Waals surface area contributed by atoms with Crippen LogP contribution in [0, 0.1) is 29.1 Å². The molecule has 0 radical (unpaired) electrons. The highest BCUT2D eigenvalue weighted by Gasteiger charge is 2.44. The van der Waals surface area contributed by atoms with E-state index in [0.29, 0.717) is 0 Å². The van der Waals surface area contributed by atoms with Gasteiger partial charge in [0.15, 0.2) is 5.75 Å². The van der Waals surface area contributed by atoms with Crippen LogP contribution in [0.2, 0.25) is 0 Å². The van der Waals surface area contributed by atoms with Gasteiger partial charge in [0, 0.05) is 13.1 Å². The van der Waals surface area contributed by atoms with Gasteiger partial charge in [-0.05, 0) is 0 Å². The highest BCUT2D eigenvalue weighted by molar-refractivity contribution is 5.68. The Morgan fingerprint density at radius 2 is 1.50 bits per heavy atom. The van der Waals surface area contributed by atoms with Crippen LogP contribution in [0.15, 0.2) is 0 Å². The molecule has 1 aromatic carbocycles. The first-order valence-electron chi connectivity index (χ1n) is 5.40. The van der Waals surface area contributed by atoms with Crippen molar-refractivity contribution in [3.05, 3.63) is 29.1 Å². The van der Waals surface area contributed by atoms with Crippen molar-refractivity contribution in [2.45, 2.75) is 12.0 Å². The molecular formula is C11H8F5NO3. The zero-order chi connectivity index (χ0) is 15.1. The molecule has 2 N–H and O–H groups in total. The molecule has 2 rings (SSSR count). The molecule has 1 aromatic rings. The number of hydrogen-bond donors (Lipinski definition) is 2. The second kappa shape index (κ2) is 4.89. The van der Waals surface area contributed by atoms with Crippen LogP contribution in [0.1, 0.15) is 6.42 Å². The number of rotatable bonds is 4. The number of carboxylic acids is 1. The van der Waals surface area contributed by atoms with E-state index in [1.54, 1.807) is 0 Å². The van der Waals surface area contributed by atoms with Crippen LogP contribution in [0.25, 0.3) is 0 Å². The van der Waals surface area contributed by atoms with Crippen LogP contribution in [0.3, 0.4) is 0 Å². The van der Waals surface area contributed by atoms with E-state index < -0.39 is 52.8 Å². The molecule has 0 aliphatic carbocycles. The second-order valence-electron chi connectivity index (χ2n) is 4.36. The molecule has 20 heavy (non-hydrogen) atoms. The van der Waals surface area contributed by atoms with Crippen molar-refractivity contribution >= 4 is 5.97 Å². The average Bonchev–Trinajstić information content (AvgIpc) is 2.35. The molecule has 0 atom stereocenters. The Kier molecular flexibility index (Phi) is 3.55. The van der Waals surface area contributed by atoms with Crippen molar-refractivity contribution in [1.82, 2.24) is 5.32 Å². The van der Waals surface area contributed by atoms with E-state index in [2.05, 4.69) is 5.32 Å². The van der Waals surface area contributed by atoms with Crippen LogP contribution in [-0.4, -0.2) is 29.8 Å². The van der Waals surface area contributed by atoms with Gasteiger partial charge in [0.05, 0.1) is 6.42 Å². The SMILES string of the molecule is O=C(O)CC1(Oc2c(F)c(F)c(F)c(F)c2F)CNC1. The summed E-state index contributed by atoms with van der Waals surface area (Å²) in [6.07, 6.45) is -0.639. The minimum absolute atomic E-state index is 0.0845. The Hall–Kier alpha value is -1.90. The van der Waals surface area contributed by atoms with Crippen molar-refractivity contribution in [1.29, 1.82) is 0 Å². The fourth-order valence-electron chi connectivity index (χ4n) is 1.80. The van der Waals surface area contributed by atoms with Crippen LogP contribution < -0.4 is 10.1 Å². The molecule has 1 saturated heterocycles. The van der Waals surface area contributed by atoms with Crippen molar-refractivity contribution in [3.63, 3.8) is 0 Å². The number of carboxylic acid groups (broad SMARTS) is 1. The quantitative estimate of drug-likeness (QED) is 0.503. The highest BCUT2D eigenvalue weighted by atomic mass is 19.2. The average molecular weight is 297 g/mol. The van der Waals surface area contributed by atoms with Gasteiger partial charge in [-0.25, -0.2) is 13.2 Å². The summed E-state index contributed by atoms with van der Waals surface area (Å²) in [4.78, 5) is 10.7. The zero-order valence-electron chi connectivity index (χ0n) is 9.77. The number of nitrogens with one attached hydrogen (secondary N) is 1. The Labute approximate surface area is 109 Å². The van der Waals surface area contributed by atoms with Gasteiger partial charge in [0.25, 0.3) is 0 Å². The fraction of sp³-hybridized carbons (Fsp3) is 0.364. The predicted octanol–water partition coefficient (Wildman–Crippen LogP) is 1.58. The molecule has 110 valence electrons. The first kappa shape index (κ1) is 14.5. The summed E-state index contributed by atoms with van der Waals surface area (Å²) in [5.74, 6) is -13.6. The summed E-state index contributed by atoms with van der Waals surface area (Å²) >= 11 is 0. The molecule has 1 heterocycles. The highest BCUT2D eigenvalue weighted by Crippen LogP contribution is 2.33. The molecule has 0 aromatic heterocycles. The smallest absolute Gasteiger partial charge is 0.307 e. The lowest BCUT2D eigenvalue weighted by molar-refractivity contribution is -0.143. The van der Waals surface area contributed by atoms with Gasteiger partial charge in [-0.1, -0.05) is 0 Å². The molecule has 0 unspecified atom stereocenters. The number of ether oxygens (including phenoxy) is 1. The van der Waals surface area contributed by atoms with E-state index in [1.807, 2.05) is 0 Å². The molecule has 1 fully saturated rings. The number of hydrogen-bond acceptors (Lipinski definition) is 3.